The third-order valence-electron chi connectivity index (χ3n) is 1.79. The topological polar surface area (TPSA) is 87.8 Å². The van der Waals surface area contributed by atoms with Gasteiger partial charge in [-0.15, -0.1) is 0 Å². The fraction of sp³-hybridized carbons (Fsp3) is 0.455. The van der Waals surface area contributed by atoms with Gasteiger partial charge in [0.05, 0.1) is 19.8 Å². The number of carbonyl (C=O) groups excluding carboxylic acids is 2. The summed E-state index contributed by atoms with van der Waals surface area (Å²) in [5.74, 6) is 3.94. The second-order valence-electron chi connectivity index (χ2n) is 3.22. The first-order chi connectivity index (χ1) is 8.13. The van der Waals surface area contributed by atoms with Crippen molar-refractivity contribution in [2.24, 2.45) is 11.8 Å². The van der Waals surface area contributed by atoms with Gasteiger partial charge in [0.15, 0.2) is 5.78 Å². The Morgan fingerprint density at radius 1 is 1.18 bits per heavy atom. The standard InChI is InChI=1S/C11H17NO5/c1-3-10(13)8-15-5-9(7-17-12)6-16-11(14)4-2/h3-4,9H,1-2,5-8,12H2. The highest BCUT2D eigenvalue weighted by molar-refractivity contribution is 5.90. The van der Waals surface area contributed by atoms with Crippen LogP contribution in [-0.2, 0) is 23.9 Å². The molecule has 96 valence electrons. The van der Waals surface area contributed by atoms with Gasteiger partial charge in [0, 0.05) is 12.0 Å². The van der Waals surface area contributed by atoms with Gasteiger partial charge in [-0.25, -0.2) is 10.7 Å². The summed E-state index contributed by atoms with van der Waals surface area (Å²) in [6, 6.07) is 0. The Hall–Kier alpha value is -1.50. The lowest BCUT2D eigenvalue weighted by molar-refractivity contribution is -0.141. The fourth-order valence-electron chi connectivity index (χ4n) is 0.924. The molecule has 0 spiro atoms. The largest absolute Gasteiger partial charge is 0.462 e. The minimum absolute atomic E-state index is 0.0695. The predicted molar refractivity (Wildman–Crippen MR) is 60.8 cm³/mol. The monoisotopic (exact) mass is 243 g/mol. The van der Waals surface area contributed by atoms with Crippen LogP contribution in [0.1, 0.15) is 0 Å². The molecule has 1 unspecified atom stereocenters. The molecule has 0 aliphatic carbocycles. The van der Waals surface area contributed by atoms with Gasteiger partial charge in [0.1, 0.15) is 6.61 Å². The zero-order valence-corrected chi connectivity index (χ0v) is 9.59. The van der Waals surface area contributed by atoms with Gasteiger partial charge >= 0.3 is 5.97 Å². The van der Waals surface area contributed by atoms with Crippen LogP contribution in [0.4, 0.5) is 0 Å². The molecule has 0 radical (unpaired) electrons. The van der Waals surface area contributed by atoms with E-state index < -0.39 is 5.97 Å². The number of hydrogen-bond donors (Lipinski definition) is 1. The van der Waals surface area contributed by atoms with Crippen molar-refractivity contribution in [2.45, 2.75) is 0 Å². The Balaban J connectivity index is 3.88. The third-order valence-corrected chi connectivity index (χ3v) is 1.79. The van der Waals surface area contributed by atoms with E-state index in [1.807, 2.05) is 0 Å². The highest BCUT2D eigenvalue weighted by atomic mass is 16.6. The van der Waals surface area contributed by atoms with Crippen LogP contribution in [0, 0.1) is 5.92 Å². The van der Waals surface area contributed by atoms with E-state index in [1.165, 1.54) is 6.08 Å². The van der Waals surface area contributed by atoms with Gasteiger partial charge in [-0.3, -0.25) is 4.79 Å². The fourth-order valence-corrected chi connectivity index (χ4v) is 0.924. The zero-order chi connectivity index (χ0) is 13.1. The van der Waals surface area contributed by atoms with E-state index in [4.69, 9.17) is 15.4 Å². The van der Waals surface area contributed by atoms with Gasteiger partial charge in [-0.2, -0.15) is 0 Å². The maximum atomic E-state index is 10.9. The molecule has 0 aliphatic rings. The van der Waals surface area contributed by atoms with Crippen LogP contribution in [0.3, 0.4) is 0 Å². The summed E-state index contributed by atoms with van der Waals surface area (Å²) in [4.78, 5) is 26.1. The molecule has 0 amide bonds. The molecule has 0 aromatic heterocycles. The number of nitrogens with two attached hydrogens (primary N) is 1. The third kappa shape index (κ3) is 8.32. The molecule has 0 aromatic carbocycles. The lowest BCUT2D eigenvalue weighted by Crippen LogP contribution is -2.25. The van der Waals surface area contributed by atoms with E-state index in [0.29, 0.717) is 0 Å². The van der Waals surface area contributed by atoms with Crippen molar-refractivity contribution in [1.82, 2.24) is 0 Å². The SMILES string of the molecule is C=CC(=O)COCC(CON)COC(=O)C=C. The molecule has 0 aliphatic heterocycles. The first kappa shape index (κ1) is 15.5. The summed E-state index contributed by atoms with van der Waals surface area (Å²) in [5, 5.41) is 0. The second-order valence-corrected chi connectivity index (χ2v) is 3.22. The van der Waals surface area contributed by atoms with Crippen molar-refractivity contribution in [1.29, 1.82) is 0 Å². The van der Waals surface area contributed by atoms with E-state index in [1.54, 1.807) is 0 Å². The Kier molecular flexibility index (Phi) is 8.85. The quantitative estimate of drug-likeness (QED) is 0.330. The van der Waals surface area contributed by atoms with E-state index in [-0.39, 0.29) is 38.1 Å². The lowest BCUT2D eigenvalue weighted by Gasteiger charge is -2.14. The molecule has 0 saturated carbocycles. The van der Waals surface area contributed by atoms with Crippen molar-refractivity contribution in [2.75, 3.05) is 26.4 Å². The van der Waals surface area contributed by atoms with Gasteiger partial charge in [0.25, 0.3) is 0 Å². The number of rotatable bonds is 10. The van der Waals surface area contributed by atoms with Crippen LogP contribution < -0.4 is 5.90 Å². The summed E-state index contributed by atoms with van der Waals surface area (Å²) < 4.78 is 9.91. The molecule has 1 atom stereocenters. The summed E-state index contributed by atoms with van der Waals surface area (Å²) in [7, 11) is 0. The normalized spacial score (nSPS) is 11.6. The number of hydrogen-bond acceptors (Lipinski definition) is 6. The van der Waals surface area contributed by atoms with Crippen LogP contribution in [0.25, 0.3) is 0 Å². The van der Waals surface area contributed by atoms with Crippen molar-refractivity contribution in [3.05, 3.63) is 25.3 Å². The Bertz CT molecular complexity index is 277. The molecule has 0 saturated heterocycles. The molecule has 0 heterocycles. The van der Waals surface area contributed by atoms with E-state index in [2.05, 4.69) is 18.0 Å². The van der Waals surface area contributed by atoms with Gasteiger partial charge in [-0.05, 0) is 6.08 Å². The predicted octanol–water partition coefficient (Wildman–Crippen LogP) is -0.00620. The molecule has 0 fully saturated rings. The first-order valence-corrected chi connectivity index (χ1v) is 4.97. The van der Waals surface area contributed by atoms with Crippen molar-refractivity contribution < 1.29 is 23.9 Å². The Labute approximate surface area is 100.0 Å². The first-order valence-electron chi connectivity index (χ1n) is 4.97. The van der Waals surface area contributed by atoms with Crippen molar-refractivity contribution >= 4 is 11.8 Å². The minimum atomic E-state index is -0.533. The van der Waals surface area contributed by atoms with Crippen LogP contribution in [-0.4, -0.2) is 38.2 Å². The van der Waals surface area contributed by atoms with Crippen LogP contribution >= 0.6 is 0 Å². The van der Waals surface area contributed by atoms with Gasteiger partial charge in [-0.1, -0.05) is 13.2 Å². The minimum Gasteiger partial charge on any atom is -0.462 e. The van der Waals surface area contributed by atoms with Crippen LogP contribution in [0.5, 0.6) is 0 Å². The molecular formula is C11H17NO5. The molecule has 2 N–H and O–H groups in total. The highest BCUT2D eigenvalue weighted by Crippen LogP contribution is 2.00. The maximum Gasteiger partial charge on any atom is 0.330 e. The summed E-state index contributed by atoms with van der Waals surface area (Å²) in [6.45, 7) is 6.95. The summed E-state index contributed by atoms with van der Waals surface area (Å²) in [6.07, 6.45) is 2.23. The zero-order valence-electron chi connectivity index (χ0n) is 9.59. The molecule has 0 bridgehead atoms. The molecule has 17 heavy (non-hydrogen) atoms. The summed E-state index contributed by atoms with van der Waals surface area (Å²) in [5.41, 5.74) is 0. The van der Waals surface area contributed by atoms with Crippen LogP contribution in [0.2, 0.25) is 0 Å². The molecule has 6 heteroatoms. The van der Waals surface area contributed by atoms with Gasteiger partial charge < -0.3 is 14.3 Å². The Morgan fingerprint density at radius 3 is 2.41 bits per heavy atom. The maximum absolute atomic E-state index is 10.9. The average Bonchev–Trinajstić information content (AvgIpc) is 2.35. The van der Waals surface area contributed by atoms with E-state index in [0.717, 1.165) is 6.08 Å². The van der Waals surface area contributed by atoms with Crippen molar-refractivity contribution in [3.8, 4) is 0 Å². The molecular weight excluding hydrogens is 226 g/mol. The van der Waals surface area contributed by atoms with Crippen molar-refractivity contribution in [3.63, 3.8) is 0 Å². The van der Waals surface area contributed by atoms with Gasteiger partial charge in [0.2, 0.25) is 0 Å². The molecule has 6 nitrogen and oxygen atoms in total. The van der Waals surface area contributed by atoms with E-state index in [9.17, 15) is 9.59 Å². The number of ketones is 1. The van der Waals surface area contributed by atoms with E-state index >= 15 is 0 Å². The Morgan fingerprint density at radius 2 is 1.88 bits per heavy atom. The molecule has 0 aromatic rings. The number of carbonyl (C=O) groups is 2. The average molecular weight is 243 g/mol. The number of esters is 1. The summed E-state index contributed by atoms with van der Waals surface area (Å²) >= 11 is 0. The highest BCUT2D eigenvalue weighted by Gasteiger charge is 2.12. The molecule has 0 rings (SSSR count). The smallest absolute Gasteiger partial charge is 0.330 e. The lowest BCUT2D eigenvalue weighted by atomic mass is 10.2. The second kappa shape index (κ2) is 9.71. The number of ether oxygens (including phenoxy) is 2. The van der Waals surface area contributed by atoms with Crippen LogP contribution in [0.15, 0.2) is 25.3 Å².